The summed E-state index contributed by atoms with van der Waals surface area (Å²) in [5, 5.41) is 10.3. The highest BCUT2D eigenvalue weighted by molar-refractivity contribution is 7.92. The van der Waals surface area contributed by atoms with Crippen molar-refractivity contribution in [2.45, 2.75) is 44.4 Å². The number of nitrogens with one attached hydrogen (secondary N) is 4. The Balaban J connectivity index is 1.04. The van der Waals surface area contributed by atoms with Gasteiger partial charge < -0.3 is 30.7 Å². The number of rotatable bonds is 13. The van der Waals surface area contributed by atoms with Gasteiger partial charge in [0.25, 0.3) is 10.0 Å². The fourth-order valence-electron chi connectivity index (χ4n) is 5.37. The molecule has 0 atom stereocenters. The molecule has 0 unspecified atom stereocenters. The SMILES string of the molecule is Cc1cc(C)nc(NS(=O)(=O)c2ccc(NC(=S)NCCN(C)CCNc3cc(N4CCCC4)nc(N4CCCC4)n3)cc2)n1. The van der Waals surface area contributed by atoms with Crippen molar-refractivity contribution >= 4 is 56.6 Å². The molecule has 4 heterocycles. The molecule has 0 saturated carbocycles. The van der Waals surface area contributed by atoms with E-state index in [4.69, 9.17) is 22.2 Å². The summed E-state index contributed by atoms with van der Waals surface area (Å²) in [5.41, 5.74) is 2.05. The second kappa shape index (κ2) is 15.0. The number of hydrogen-bond donors (Lipinski definition) is 4. The van der Waals surface area contributed by atoms with Gasteiger partial charge in [-0.05, 0) is 89.1 Å². The lowest BCUT2D eigenvalue weighted by Gasteiger charge is -2.22. The maximum Gasteiger partial charge on any atom is 0.264 e. The predicted octanol–water partition coefficient (Wildman–Crippen LogP) is 3.21. The summed E-state index contributed by atoms with van der Waals surface area (Å²) in [4.78, 5) is 25.0. The van der Waals surface area contributed by atoms with Crippen LogP contribution in [-0.2, 0) is 10.0 Å². The van der Waals surface area contributed by atoms with Crippen LogP contribution in [0.1, 0.15) is 37.1 Å². The van der Waals surface area contributed by atoms with Crippen LogP contribution in [0.15, 0.2) is 41.3 Å². The number of sulfonamides is 1. The minimum Gasteiger partial charge on any atom is -0.369 e. The molecule has 45 heavy (non-hydrogen) atoms. The predicted molar refractivity (Wildman–Crippen MR) is 184 cm³/mol. The molecule has 0 amide bonds. The first-order valence-electron chi connectivity index (χ1n) is 15.5. The van der Waals surface area contributed by atoms with Gasteiger partial charge in [-0.15, -0.1) is 0 Å². The summed E-state index contributed by atoms with van der Waals surface area (Å²) >= 11 is 5.45. The number of hydrogen-bond acceptors (Lipinski definition) is 11. The van der Waals surface area contributed by atoms with Gasteiger partial charge in [0.2, 0.25) is 11.9 Å². The van der Waals surface area contributed by atoms with Crippen molar-refractivity contribution in [2.75, 3.05) is 84.6 Å². The topological polar surface area (TPSA) is 144 Å². The minimum absolute atomic E-state index is 0.0492. The molecule has 2 aliphatic rings. The van der Waals surface area contributed by atoms with E-state index in [1.807, 2.05) is 0 Å². The van der Waals surface area contributed by atoms with Crippen molar-refractivity contribution in [1.82, 2.24) is 30.2 Å². The fraction of sp³-hybridized carbons (Fsp3) is 0.500. The molecule has 2 saturated heterocycles. The maximum atomic E-state index is 12.8. The molecule has 3 aromatic rings. The first kappa shape index (κ1) is 32.6. The normalized spacial score (nSPS) is 15.0. The lowest BCUT2D eigenvalue weighted by atomic mass is 10.3. The van der Waals surface area contributed by atoms with Gasteiger partial charge in [-0.25, -0.2) is 23.1 Å². The third kappa shape index (κ3) is 9.34. The summed E-state index contributed by atoms with van der Waals surface area (Å²) < 4.78 is 28.0. The van der Waals surface area contributed by atoms with Crippen LogP contribution in [0.3, 0.4) is 0 Å². The van der Waals surface area contributed by atoms with Gasteiger partial charge in [-0.3, -0.25) is 0 Å². The van der Waals surface area contributed by atoms with Crippen LogP contribution in [0.5, 0.6) is 0 Å². The van der Waals surface area contributed by atoms with E-state index in [9.17, 15) is 8.42 Å². The van der Waals surface area contributed by atoms with Gasteiger partial charge >= 0.3 is 0 Å². The van der Waals surface area contributed by atoms with Crippen LogP contribution in [0.4, 0.5) is 29.2 Å². The Morgan fingerprint density at radius 2 is 1.49 bits per heavy atom. The van der Waals surface area contributed by atoms with Crippen molar-refractivity contribution < 1.29 is 8.42 Å². The quantitative estimate of drug-likeness (QED) is 0.201. The number of aryl methyl sites for hydroxylation is 2. The molecule has 0 bridgehead atoms. The van der Waals surface area contributed by atoms with E-state index in [1.165, 1.54) is 37.8 Å². The van der Waals surface area contributed by atoms with E-state index in [-0.39, 0.29) is 10.8 Å². The van der Waals surface area contributed by atoms with Crippen LogP contribution in [0.2, 0.25) is 0 Å². The van der Waals surface area contributed by atoms with Gasteiger partial charge in [0.05, 0.1) is 4.90 Å². The molecule has 1 aromatic carbocycles. The molecule has 0 aliphatic carbocycles. The first-order chi connectivity index (χ1) is 21.6. The van der Waals surface area contributed by atoms with Crippen LogP contribution < -0.4 is 30.5 Å². The Morgan fingerprint density at radius 1 is 0.867 bits per heavy atom. The first-order valence-corrected chi connectivity index (χ1v) is 17.4. The Kier molecular flexibility index (Phi) is 10.8. The van der Waals surface area contributed by atoms with E-state index in [1.54, 1.807) is 32.0 Å². The molecule has 15 heteroatoms. The molecule has 5 rings (SSSR count). The third-order valence-electron chi connectivity index (χ3n) is 7.73. The highest BCUT2D eigenvalue weighted by atomic mass is 32.2. The largest absolute Gasteiger partial charge is 0.369 e. The molecule has 0 spiro atoms. The Labute approximate surface area is 271 Å². The van der Waals surface area contributed by atoms with Crippen molar-refractivity contribution in [1.29, 1.82) is 0 Å². The zero-order chi connectivity index (χ0) is 31.8. The second-order valence-electron chi connectivity index (χ2n) is 11.5. The van der Waals surface area contributed by atoms with Crippen molar-refractivity contribution in [3.63, 3.8) is 0 Å². The molecule has 242 valence electrons. The zero-order valence-corrected chi connectivity index (χ0v) is 27.8. The van der Waals surface area contributed by atoms with Gasteiger partial charge in [0.15, 0.2) is 5.11 Å². The third-order valence-corrected chi connectivity index (χ3v) is 9.32. The molecule has 2 aliphatic heterocycles. The molecule has 4 N–H and O–H groups in total. The number of anilines is 5. The average Bonchev–Trinajstić information content (AvgIpc) is 3.72. The number of likely N-dealkylation sites (N-methyl/N-ethyl adjacent to an activating group) is 1. The summed E-state index contributed by atoms with van der Waals surface area (Å²) in [6.45, 7) is 10.7. The zero-order valence-electron chi connectivity index (χ0n) is 26.2. The monoisotopic (exact) mass is 653 g/mol. The van der Waals surface area contributed by atoms with Crippen molar-refractivity contribution in [2.24, 2.45) is 0 Å². The summed E-state index contributed by atoms with van der Waals surface area (Å²) in [6, 6.07) is 10.2. The summed E-state index contributed by atoms with van der Waals surface area (Å²) in [5.74, 6) is 2.77. The molecular formula is C30H43N11O2S2. The van der Waals surface area contributed by atoms with E-state index < -0.39 is 10.0 Å². The molecule has 0 radical (unpaired) electrons. The van der Waals surface area contributed by atoms with Crippen LogP contribution >= 0.6 is 12.2 Å². The number of aromatic nitrogens is 4. The van der Waals surface area contributed by atoms with Crippen molar-refractivity contribution in [3.8, 4) is 0 Å². The lowest BCUT2D eigenvalue weighted by molar-refractivity contribution is 0.352. The Morgan fingerprint density at radius 3 is 2.16 bits per heavy atom. The van der Waals surface area contributed by atoms with Gasteiger partial charge in [-0.1, -0.05) is 0 Å². The van der Waals surface area contributed by atoms with Gasteiger partial charge in [0.1, 0.15) is 11.6 Å². The van der Waals surface area contributed by atoms with Crippen molar-refractivity contribution in [3.05, 3.63) is 47.8 Å². The standard InChI is InChI=1S/C30H43N11O2S2/c1-22-20-23(2)34-28(33-22)38-45(42,43)25-10-8-24(9-11-25)35-30(44)32-13-19-39(3)18-12-31-26-21-27(40-14-4-5-15-40)37-29(36-26)41-16-6-7-17-41/h8-11,20-21H,4-7,12-19H2,1-3H3,(H,31,36,37)(H2,32,35,44)(H,33,34,38). The highest BCUT2D eigenvalue weighted by Gasteiger charge is 2.21. The van der Waals surface area contributed by atoms with Gasteiger partial charge in [-0.2, -0.15) is 9.97 Å². The number of benzene rings is 1. The Hall–Kier alpha value is -3.82. The number of thiocarbonyl (C=S) groups is 1. The second-order valence-corrected chi connectivity index (χ2v) is 13.6. The molecule has 2 fully saturated rings. The van der Waals surface area contributed by atoms with Gasteiger partial charge in [0, 0.05) is 75.5 Å². The van der Waals surface area contributed by atoms with E-state index in [2.05, 4.69) is 58.5 Å². The average molecular weight is 654 g/mol. The molecule has 13 nitrogen and oxygen atoms in total. The van der Waals surface area contributed by atoms with Crippen LogP contribution in [0.25, 0.3) is 0 Å². The summed E-state index contributed by atoms with van der Waals surface area (Å²) in [7, 11) is -1.76. The molecular weight excluding hydrogens is 611 g/mol. The lowest BCUT2D eigenvalue weighted by Crippen LogP contribution is -2.36. The molecule has 2 aromatic heterocycles. The van der Waals surface area contributed by atoms with Crippen LogP contribution in [-0.4, -0.2) is 97.8 Å². The van der Waals surface area contributed by atoms with E-state index >= 15 is 0 Å². The highest BCUT2D eigenvalue weighted by Crippen LogP contribution is 2.25. The summed E-state index contributed by atoms with van der Waals surface area (Å²) in [6.07, 6.45) is 4.81. The van der Waals surface area contributed by atoms with E-state index in [0.717, 1.165) is 63.4 Å². The number of nitrogens with zero attached hydrogens (tertiary/aromatic N) is 7. The smallest absolute Gasteiger partial charge is 0.264 e. The van der Waals surface area contributed by atoms with E-state index in [0.29, 0.717) is 28.7 Å². The minimum atomic E-state index is -3.83. The maximum absolute atomic E-state index is 12.8. The Bertz CT molecular complexity index is 1500. The fourth-order valence-corrected chi connectivity index (χ4v) is 6.53. The van der Waals surface area contributed by atoms with Crippen LogP contribution in [0, 0.1) is 13.8 Å².